The molecule has 2 saturated heterocycles. The molecule has 2 fully saturated rings. The van der Waals surface area contributed by atoms with Gasteiger partial charge in [0, 0.05) is 49.3 Å². The van der Waals surface area contributed by atoms with Crippen molar-refractivity contribution in [3.05, 3.63) is 23.2 Å². The summed E-state index contributed by atoms with van der Waals surface area (Å²) in [6.07, 6.45) is 2.63. The first-order valence-electron chi connectivity index (χ1n) is 10.3. The fraction of sp³-hybridized carbons (Fsp3) is 0.650. The Labute approximate surface area is 183 Å². The third kappa shape index (κ3) is 6.03. The lowest BCUT2D eigenvalue weighted by atomic mass is 9.97. The molecule has 2 heterocycles. The number of piperidine rings is 1. The fourth-order valence-electron chi connectivity index (χ4n) is 3.74. The van der Waals surface area contributed by atoms with E-state index in [-0.39, 0.29) is 17.6 Å². The summed E-state index contributed by atoms with van der Waals surface area (Å²) in [5.41, 5.74) is 1.70. The highest BCUT2D eigenvalue weighted by molar-refractivity contribution is 7.99. The summed E-state index contributed by atoms with van der Waals surface area (Å²) >= 11 is 8.42. The van der Waals surface area contributed by atoms with Crippen molar-refractivity contribution in [3.8, 4) is 0 Å². The van der Waals surface area contributed by atoms with Gasteiger partial charge in [-0.05, 0) is 37.5 Å². The number of hydrogen-bond donors (Lipinski definition) is 1. The summed E-state index contributed by atoms with van der Waals surface area (Å²) < 4.78 is 26.2. The molecule has 1 aromatic rings. The largest absolute Gasteiger partial charge is 0.369 e. The van der Waals surface area contributed by atoms with Crippen LogP contribution in [0.3, 0.4) is 0 Å². The van der Waals surface area contributed by atoms with E-state index in [4.69, 9.17) is 11.6 Å². The predicted molar refractivity (Wildman–Crippen MR) is 123 cm³/mol. The standard InChI is InChI=1S/C20H30ClN3O3S2/c1-2-3-14-29(26,27)24-8-6-16(7-9-24)20(25)22-17-4-5-19(18(21)15-17)23-10-12-28-13-11-23/h4-5,15-16H,2-3,6-14H2,1H3,(H,22,25). The molecule has 0 radical (unpaired) electrons. The van der Waals surface area contributed by atoms with Crippen molar-refractivity contribution in [1.82, 2.24) is 4.31 Å². The number of hydrogen-bond acceptors (Lipinski definition) is 5. The Morgan fingerprint density at radius 3 is 2.52 bits per heavy atom. The lowest BCUT2D eigenvalue weighted by Gasteiger charge is -2.31. The maximum atomic E-state index is 12.7. The second-order valence-electron chi connectivity index (χ2n) is 7.60. The summed E-state index contributed by atoms with van der Waals surface area (Å²) in [7, 11) is -3.20. The molecule has 162 valence electrons. The van der Waals surface area contributed by atoms with E-state index in [1.165, 1.54) is 4.31 Å². The molecule has 0 spiro atoms. The van der Waals surface area contributed by atoms with E-state index in [1.807, 2.05) is 30.8 Å². The number of anilines is 2. The highest BCUT2D eigenvalue weighted by Crippen LogP contribution is 2.31. The van der Waals surface area contributed by atoms with Crippen LogP contribution in [0.15, 0.2) is 18.2 Å². The van der Waals surface area contributed by atoms with E-state index in [9.17, 15) is 13.2 Å². The molecule has 1 amide bonds. The number of benzene rings is 1. The average molecular weight is 460 g/mol. The van der Waals surface area contributed by atoms with Gasteiger partial charge in [-0.1, -0.05) is 24.9 Å². The number of unbranched alkanes of at least 4 members (excludes halogenated alkanes) is 1. The molecule has 29 heavy (non-hydrogen) atoms. The molecule has 6 nitrogen and oxygen atoms in total. The van der Waals surface area contributed by atoms with Crippen molar-refractivity contribution in [2.75, 3.05) is 53.7 Å². The average Bonchev–Trinajstić information content (AvgIpc) is 2.73. The van der Waals surface area contributed by atoms with Crippen molar-refractivity contribution in [2.45, 2.75) is 32.6 Å². The molecule has 0 unspecified atom stereocenters. The summed E-state index contributed by atoms with van der Waals surface area (Å²) in [4.78, 5) is 14.9. The van der Waals surface area contributed by atoms with Crippen LogP contribution in [0.25, 0.3) is 0 Å². The van der Waals surface area contributed by atoms with Crippen LogP contribution < -0.4 is 10.2 Å². The van der Waals surface area contributed by atoms with E-state index in [0.717, 1.165) is 36.7 Å². The smallest absolute Gasteiger partial charge is 0.227 e. The van der Waals surface area contributed by atoms with E-state index < -0.39 is 10.0 Å². The van der Waals surface area contributed by atoms with Crippen molar-refractivity contribution in [3.63, 3.8) is 0 Å². The molecular weight excluding hydrogens is 430 g/mol. The maximum absolute atomic E-state index is 12.7. The molecule has 0 atom stereocenters. The molecular formula is C20H30ClN3O3S2. The Kier molecular flexibility index (Phi) is 8.13. The number of amides is 1. The fourth-order valence-corrected chi connectivity index (χ4v) is 6.62. The van der Waals surface area contributed by atoms with Crippen molar-refractivity contribution < 1.29 is 13.2 Å². The summed E-state index contributed by atoms with van der Waals surface area (Å²) in [5, 5.41) is 3.60. The van der Waals surface area contributed by atoms with Gasteiger partial charge in [0.05, 0.1) is 16.5 Å². The highest BCUT2D eigenvalue weighted by atomic mass is 35.5. The normalized spacial score (nSPS) is 19.3. The molecule has 9 heteroatoms. The summed E-state index contributed by atoms with van der Waals surface area (Å²) in [5.74, 6) is 2.16. The van der Waals surface area contributed by atoms with Gasteiger partial charge in [-0.15, -0.1) is 0 Å². The minimum absolute atomic E-state index is 0.0613. The lowest BCUT2D eigenvalue weighted by molar-refractivity contribution is -0.120. The second kappa shape index (κ2) is 10.4. The Hall–Kier alpha value is -0.960. The van der Waals surface area contributed by atoms with E-state index in [1.54, 1.807) is 6.07 Å². The van der Waals surface area contributed by atoms with Gasteiger partial charge < -0.3 is 10.2 Å². The van der Waals surface area contributed by atoms with Crippen molar-refractivity contribution >= 4 is 50.7 Å². The van der Waals surface area contributed by atoms with Crippen molar-refractivity contribution in [2.24, 2.45) is 5.92 Å². The van der Waals surface area contributed by atoms with Gasteiger partial charge in [-0.25, -0.2) is 12.7 Å². The number of carbonyl (C=O) groups excluding carboxylic acids is 1. The minimum Gasteiger partial charge on any atom is -0.369 e. The monoisotopic (exact) mass is 459 g/mol. The zero-order chi connectivity index (χ0) is 20.9. The molecule has 0 bridgehead atoms. The van der Waals surface area contributed by atoms with Crippen LogP contribution in [-0.2, 0) is 14.8 Å². The van der Waals surface area contributed by atoms with Crippen LogP contribution in [0.2, 0.25) is 5.02 Å². The van der Waals surface area contributed by atoms with Crippen LogP contribution in [0.1, 0.15) is 32.6 Å². The molecule has 1 aromatic carbocycles. The quantitative estimate of drug-likeness (QED) is 0.673. The zero-order valence-electron chi connectivity index (χ0n) is 16.9. The first kappa shape index (κ1) is 22.7. The van der Waals surface area contributed by atoms with Crippen LogP contribution in [0.4, 0.5) is 11.4 Å². The van der Waals surface area contributed by atoms with E-state index in [0.29, 0.717) is 43.1 Å². The Morgan fingerprint density at radius 2 is 1.90 bits per heavy atom. The van der Waals surface area contributed by atoms with Gasteiger partial charge in [0.15, 0.2) is 0 Å². The number of rotatable bonds is 7. The zero-order valence-corrected chi connectivity index (χ0v) is 19.3. The van der Waals surface area contributed by atoms with Gasteiger partial charge in [-0.2, -0.15) is 11.8 Å². The van der Waals surface area contributed by atoms with Gasteiger partial charge in [0.1, 0.15) is 0 Å². The molecule has 0 saturated carbocycles. The first-order chi connectivity index (χ1) is 13.9. The molecule has 0 aromatic heterocycles. The van der Waals surface area contributed by atoms with E-state index >= 15 is 0 Å². The summed E-state index contributed by atoms with van der Waals surface area (Å²) in [6.45, 7) is 4.77. The Balaban J connectivity index is 1.54. The lowest BCUT2D eigenvalue weighted by Crippen LogP contribution is -2.42. The number of carbonyl (C=O) groups is 1. The van der Waals surface area contributed by atoms with Crippen LogP contribution in [-0.4, -0.2) is 62.1 Å². The third-order valence-electron chi connectivity index (χ3n) is 5.54. The number of thioether (sulfide) groups is 1. The molecule has 2 aliphatic heterocycles. The van der Waals surface area contributed by atoms with Gasteiger partial charge in [-0.3, -0.25) is 4.79 Å². The van der Waals surface area contributed by atoms with Gasteiger partial charge >= 0.3 is 0 Å². The van der Waals surface area contributed by atoms with E-state index in [2.05, 4.69) is 10.2 Å². The van der Waals surface area contributed by atoms with Gasteiger partial charge in [0.25, 0.3) is 0 Å². The molecule has 3 rings (SSSR count). The number of nitrogens with zero attached hydrogens (tertiary/aromatic N) is 2. The number of halogens is 1. The van der Waals surface area contributed by atoms with Crippen molar-refractivity contribution in [1.29, 1.82) is 0 Å². The predicted octanol–water partition coefficient (Wildman–Crippen LogP) is 3.67. The molecule has 0 aliphatic carbocycles. The summed E-state index contributed by atoms with van der Waals surface area (Å²) in [6, 6.07) is 5.67. The first-order valence-corrected chi connectivity index (χ1v) is 13.5. The maximum Gasteiger partial charge on any atom is 0.227 e. The molecule has 1 N–H and O–H groups in total. The third-order valence-corrected chi connectivity index (χ3v) is 8.74. The Bertz CT molecular complexity index is 805. The van der Waals surface area contributed by atoms with Crippen LogP contribution in [0, 0.1) is 5.92 Å². The number of sulfonamides is 1. The Morgan fingerprint density at radius 1 is 1.21 bits per heavy atom. The highest BCUT2D eigenvalue weighted by Gasteiger charge is 2.30. The molecule has 2 aliphatic rings. The minimum atomic E-state index is -3.20. The van der Waals surface area contributed by atoms with Crippen LogP contribution in [0.5, 0.6) is 0 Å². The number of nitrogens with one attached hydrogen (secondary N) is 1. The SMILES string of the molecule is CCCCS(=O)(=O)N1CCC(C(=O)Nc2ccc(N3CCSCC3)c(Cl)c2)CC1. The second-order valence-corrected chi connectivity index (χ2v) is 11.3. The topological polar surface area (TPSA) is 69.7 Å². The van der Waals surface area contributed by atoms with Crippen LogP contribution >= 0.6 is 23.4 Å². The van der Waals surface area contributed by atoms with Gasteiger partial charge in [0.2, 0.25) is 15.9 Å².